The van der Waals surface area contributed by atoms with E-state index in [-0.39, 0.29) is 11.9 Å². The molecule has 2 rings (SSSR count). The molecule has 20 heavy (non-hydrogen) atoms. The predicted molar refractivity (Wildman–Crippen MR) is 77.6 cm³/mol. The molecule has 8 heteroatoms. The van der Waals surface area contributed by atoms with Crippen molar-refractivity contribution in [2.24, 2.45) is 0 Å². The maximum Gasteiger partial charge on any atom is 0.247 e. The first-order valence-corrected chi connectivity index (χ1v) is 6.45. The second kappa shape index (κ2) is 4.77. The maximum atomic E-state index is 12.3. The van der Waals surface area contributed by atoms with Gasteiger partial charge < -0.3 is 20.4 Å². The number of piperazine rings is 1. The Kier molecular flexibility index (Phi) is 3.41. The van der Waals surface area contributed by atoms with E-state index in [1.54, 1.807) is 16.8 Å². The Morgan fingerprint density at radius 1 is 1.20 bits per heavy atom. The molecule has 2 heterocycles. The molecule has 0 spiro atoms. The van der Waals surface area contributed by atoms with Crippen LogP contribution in [0.15, 0.2) is 0 Å². The van der Waals surface area contributed by atoms with E-state index in [1.807, 2.05) is 32.8 Å². The fourth-order valence-electron chi connectivity index (χ4n) is 2.25. The van der Waals surface area contributed by atoms with Gasteiger partial charge in [0.15, 0.2) is 0 Å². The van der Waals surface area contributed by atoms with Gasteiger partial charge in [-0.15, -0.1) is 0 Å². The summed E-state index contributed by atoms with van der Waals surface area (Å²) in [6.07, 6.45) is 0. The molecule has 1 aromatic rings. The van der Waals surface area contributed by atoms with Crippen LogP contribution >= 0.6 is 0 Å². The van der Waals surface area contributed by atoms with Crippen LogP contribution < -0.4 is 15.5 Å². The van der Waals surface area contributed by atoms with Gasteiger partial charge >= 0.3 is 0 Å². The molecule has 110 valence electrons. The van der Waals surface area contributed by atoms with Crippen molar-refractivity contribution in [3.8, 4) is 0 Å². The molecule has 0 saturated carbocycles. The summed E-state index contributed by atoms with van der Waals surface area (Å²) < 4.78 is 0. The van der Waals surface area contributed by atoms with Crippen LogP contribution in [0.25, 0.3) is 0 Å². The summed E-state index contributed by atoms with van der Waals surface area (Å²) in [5.41, 5.74) is 5.04. The van der Waals surface area contributed by atoms with E-state index in [1.165, 1.54) is 0 Å². The van der Waals surface area contributed by atoms with Gasteiger partial charge in [-0.2, -0.15) is 15.0 Å². The predicted octanol–water partition coefficient (Wildman–Crippen LogP) is -0.423. The molecule has 1 aromatic heterocycles. The molecule has 0 unspecified atom stereocenters. The van der Waals surface area contributed by atoms with Crippen molar-refractivity contribution < 1.29 is 4.79 Å². The van der Waals surface area contributed by atoms with Crippen molar-refractivity contribution >= 4 is 23.8 Å². The number of hydrogen-bond acceptors (Lipinski definition) is 7. The van der Waals surface area contributed by atoms with Crippen LogP contribution in [0.4, 0.5) is 17.8 Å². The molecule has 1 fully saturated rings. The summed E-state index contributed by atoms with van der Waals surface area (Å²) in [5, 5.41) is 0. The summed E-state index contributed by atoms with van der Waals surface area (Å²) in [7, 11) is 5.46. The number of anilines is 3. The number of nitrogen functional groups attached to an aromatic ring is 1. The summed E-state index contributed by atoms with van der Waals surface area (Å²) >= 11 is 0. The average molecular weight is 279 g/mol. The average Bonchev–Trinajstić information content (AvgIpc) is 2.35. The zero-order chi connectivity index (χ0) is 15.1. The van der Waals surface area contributed by atoms with Gasteiger partial charge in [0.25, 0.3) is 0 Å². The van der Waals surface area contributed by atoms with Gasteiger partial charge in [0, 0.05) is 34.2 Å². The van der Waals surface area contributed by atoms with Gasteiger partial charge in [0.2, 0.25) is 23.8 Å². The lowest BCUT2D eigenvalue weighted by Crippen LogP contribution is -2.62. The van der Waals surface area contributed by atoms with Crippen LogP contribution in [0.2, 0.25) is 0 Å². The summed E-state index contributed by atoms with van der Waals surface area (Å²) in [6, 6.07) is 0. The number of hydrogen-bond donors (Lipinski definition) is 1. The highest BCUT2D eigenvalue weighted by Crippen LogP contribution is 2.26. The maximum absolute atomic E-state index is 12.3. The Morgan fingerprint density at radius 2 is 1.85 bits per heavy atom. The third-order valence-corrected chi connectivity index (χ3v) is 3.47. The third kappa shape index (κ3) is 2.33. The Morgan fingerprint density at radius 3 is 2.45 bits per heavy atom. The summed E-state index contributed by atoms with van der Waals surface area (Å²) in [4.78, 5) is 30.3. The van der Waals surface area contributed by atoms with Gasteiger partial charge in [-0.25, -0.2) is 0 Å². The van der Waals surface area contributed by atoms with E-state index in [9.17, 15) is 4.79 Å². The topological polar surface area (TPSA) is 91.5 Å². The van der Waals surface area contributed by atoms with E-state index in [0.29, 0.717) is 25.0 Å². The third-order valence-electron chi connectivity index (χ3n) is 3.47. The molecule has 0 radical (unpaired) electrons. The first kappa shape index (κ1) is 14.3. The minimum absolute atomic E-state index is 0.0362. The van der Waals surface area contributed by atoms with Crippen LogP contribution in [-0.2, 0) is 4.79 Å². The number of aromatic nitrogens is 3. The first-order chi connectivity index (χ1) is 9.23. The lowest BCUT2D eigenvalue weighted by atomic mass is 9.98. The van der Waals surface area contributed by atoms with Crippen molar-refractivity contribution in [2.75, 3.05) is 49.8 Å². The van der Waals surface area contributed by atoms with E-state index < -0.39 is 5.54 Å². The molecule has 1 aliphatic rings. The number of likely N-dealkylation sites (N-methyl/N-ethyl adjacent to an activating group) is 1. The van der Waals surface area contributed by atoms with Crippen molar-refractivity contribution in [1.82, 2.24) is 19.9 Å². The standard InChI is InChI=1S/C12H21N7O/c1-12(2)8(20)18(5)6-7-19(12)11-15-9(13)14-10(16-11)17(3)4/h6-7H2,1-5H3,(H2,13,14,15,16). The Balaban J connectivity index is 2.43. The van der Waals surface area contributed by atoms with E-state index in [4.69, 9.17) is 5.73 Å². The van der Waals surface area contributed by atoms with Gasteiger partial charge in [0.05, 0.1) is 0 Å². The molecule has 1 saturated heterocycles. The minimum atomic E-state index is -0.704. The summed E-state index contributed by atoms with van der Waals surface area (Å²) in [6.45, 7) is 5.01. The van der Waals surface area contributed by atoms with Crippen molar-refractivity contribution in [2.45, 2.75) is 19.4 Å². The van der Waals surface area contributed by atoms with Gasteiger partial charge in [-0.1, -0.05) is 0 Å². The first-order valence-electron chi connectivity index (χ1n) is 6.45. The molecular formula is C12H21N7O. The second-order valence-corrected chi connectivity index (χ2v) is 5.63. The Labute approximate surface area is 118 Å². The zero-order valence-electron chi connectivity index (χ0n) is 12.6. The fourth-order valence-corrected chi connectivity index (χ4v) is 2.25. The Bertz CT molecular complexity index is 529. The van der Waals surface area contributed by atoms with Crippen LogP contribution in [0.3, 0.4) is 0 Å². The molecule has 1 aliphatic heterocycles. The lowest BCUT2D eigenvalue weighted by Gasteiger charge is -2.44. The number of amides is 1. The van der Waals surface area contributed by atoms with Gasteiger partial charge in [-0.3, -0.25) is 4.79 Å². The molecule has 2 N–H and O–H groups in total. The molecule has 8 nitrogen and oxygen atoms in total. The van der Waals surface area contributed by atoms with Crippen LogP contribution in [-0.4, -0.2) is 65.5 Å². The number of nitrogens with zero attached hydrogens (tertiary/aromatic N) is 6. The molecular weight excluding hydrogens is 258 g/mol. The molecule has 0 bridgehead atoms. The smallest absolute Gasteiger partial charge is 0.247 e. The van der Waals surface area contributed by atoms with Crippen molar-refractivity contribution in [3.63, 3.8) is 0 Å². The molecule has 0 aliphatic carbocycles. The highest BCUT2D eigenvalue weighted by molar-refractivity contribution is 5.89. The normalized spacial score (nSPS) is 18.4. The van der Waals surface area contributed by atoms with Crippen LogP contribution in [0.1, 0.15) is 13.8 Å². The SMILES string of the molecule is CN1CCN(c2nc(N)nc(N(C)C)n2)C(C)(C)C1=O. The van der Waals surface area contributed by atoms with Crippen LogP contribution in [0.5, 0.6) is 0 Å². The van der Waals surface area contributed by atoms with Crippen molar-refractivity contribution in [1.29, 1.82) is 0 Å². The van der Waals surface area contributed by atoms with Crippen molar-refractivity contribution in [3.05, 3.63) is 0 Å². The second-order valence-electron chi connectivity index (χ2n) is 5.63. The quantitative estimate of drug-likeness (QED) is 0.786. The van der Waals surface area contributed by atoms with Gasteiger partial charge in [0.1, 0.15) is 5.54 Å². The fraction of sp³-hybridized carbons (Fsp3) is 0.667. The molecule has 1 amide bonds. The molecule has 0 aromatic carbocycles. The molecule has 0 atom stereocenters. The largest absolute Gasteiger partial charge is 0.368 e. The number of carbonyl (C=O) groups excluding carboxylic acids is 1. The number of rotatable bonds is 2. The lowest BCUT2D eigenvalue weighted by molar-refractivity contribution is -0.136. The number of carbonyl (C=O) groups is 1. The van der Waals surface area contributed by atoms with E-state index in [2.05, 4.69) is 15.0 Å². The highest BCUT2D eigenvalue weighted by atomic mass is 16.2. The van der Waals surface area contributed by atoms with Crippen LogP contribution in [0, 0.1) is 0 Å². The van der Waals surface area contributed by atoms with E-state index >= 15 is 0 Å². The summed E-state index contributed by atoms with van der Waals surface area (Å²) in [5.74, 6) is 1.11. The Hall–Kier alpha value is -2.12. The monoisotopic (exact) mass is 279 g/mol. The highest BCUT2D eigenvalue weighted by Gasteiger charge is 2.42. The number of nitrogens with two attached hydrogens (primary N) is 1. The van der Waals surface area contributed by atoms with Gasteiger partial charge in [-0.05, 0) is 13.8 Å². The van der Waals surface area contributed by atoms with E-state index in [0.717, 1.165) is 0 Å². The minimum Gasteiger partial charge on any atom is -0.368 e. The zero-order valence-corrected chi connectivity index (χ0v) is 12.6.